The van der Waals surface area contributed by atoms with Gasteiger partial charge in [-0.05, 0) is 70.0 Å². The Balaban J connectivity index is 1.95. The number of hydrogen-bond donors (Lipinski definition) is 2. The van der Waals surface area contributed by atoms with E-state index in [0.29, 0.717) is 17.7 Å². The number of anilines is 1. The predicted molar refractivity (Wildman–Crippen MR) is 105 cm³/mol. The molecule has 2 heterocycles. The van der Waals surface area contributed by atoms with Crippen LogP contribution in [0.1, 0.15) is 43.3 Å². The monoisotopic (exact) mass is 369 g/mol. The molecule has 142 valence electrons. The van der Waals surface area contributed by atoms with E-state index in [1.807, 2.05) is 13.0 Å². The topological polar surface area (TPSA) is 67.0 Å². The second-order valence-corrected chi connectivity index (χ2v) is 7.66. The van der Waals surface area contributed by atoms with E-state index in [0.717, 1.165) is 22.3 Å². The molecule has 2 N–H and O–H groups in total. The smallest absolute Gasteiger partial charge is 0.412 e. The highest BCUT2D eigenvalue weighted by atomic mass is 19.1. The fourth-order valence-electron chi connectivity index (χ4n) is 3.00. The van der Waals surface area contributed by atoms with Crippen LogP contribution in [-0.2, 0) is 11.2 Å². The van der Waals surface area contributed by atoms with Gasteiger partial charge < -0.3 is 9.72 Å². The van der Waals surface area contributed by atoms with Gasteiger partial charge in [0.1, 0.15) is 11.4 Å². The summed E-state index contributed by atoms with van der Waals surface area (Å²) in [4.78, 5) is 20.0. The first-order valence-electron chi connectivity index (χ1n) is 8.85. The number of carbonyl (C=O) groups excluding carboxylic acids is 1. The average molecular weight is 369 g/mol. The first-order valence-corrected chi connectivity index (χ1v) is 8.85. The molecule has 2 aromatic heterocycles. The third kappa shape index (κ3) is 4.27. The zero-order valence-corrected chi connectivity index (χ0v) is 16.2. The maximum absolute atomic E-state index is 13.9. The molecular formula is C21H24FN3O2. The number of fused-ring (bicyclic) bond motifs is 1. The van der Waals surface area contributed by atoms with Crippen molar-refractivity contribution in [2.24, 2.45) is 0 Å². The number of H-pyrrole nitrogens is 1. The van der Waals surface area contributed by atoms with E-state index in [2.05, 4.69) is 22.2 Å². The lowest BCUT2D eigenvalue weighted by Crippen LogP contribution is -2.27. The summed E-state index contributed by atoms with van der Waals surface area (Å²) < 4.78 is 19.2. The summed E-state index contributed by atoms with van der Waals surface area (Å²) >= 11 is 0. The quantitative estimate of drug-likeness (QED) is 0.662. The van der Waals surface area contributed by atoms with E-state index in [1.54, 1.807) is 33.0 Å². The summed E-state index contributed by atoms with van der Waals surface area (Å²) in [5.74, 6) is -0.370. The number of benzene rings is 1. The van der Waals surface area contributed by atoms with Crippen molar-refractivity contribution >= 4 is 22.7 Å². The Kier molecular flexibility index (Phi) is 4.91. The van der Waals surface area contributed by atoms with Crippen molar-refractivity contribution in [2.75, 3.05) is 5.32 Å². The molecular weight excluding hydrogens is 345 g/mol. The van der Waals surface area contributed by atoms with Gasteiger partial charge in [0.2, 0.25) is 0 Å². The Hall–Kier alpha value is -2.89. The molecule has 27 heavy (non-hydrogen) atoms. The third-order valence-corrected chi connectivity index (χ3v) is 4.37. The van der Waals surface area contributed by atoms with Crippen molar-refractivity contribution < 1.29 is 13.9 Å². The number of nitrogens with zero attached hydrogens (tertiary/aromatic N) is 1. The number of hydrogen-bond acceptors (Lipinski definition) is 3. The fourth-order valence-corrected chi connectivity index (χ4v) is 3.00. The minimum atomic E-state index is -0.614. The first kappa shape index (κ1) is 18.9. The Morgan fingerprint density at radius 1 is 1.26 bits per heavy atom. The van der Waals surface area contributed by atoms with Crippen LogP contribution in [0.3, 0.4) is 0 Å². The normalized spacial score (nSPS) is 11.6. The molecule has 3 aromatic rings. The maximum atomic E-state index is 13.9. The summed E-state index contributed by atoms with van der Waals surface area (Å²) in [6.07, 6.45) is 1.55. The predicted octanol–water partition coefficient (Wildman–Crippen LogP) is 5.26. The number of aryl methyl sites for hydroxylation is 2. The molecule has 0 fully saturated rings. The minimum absolute atomic E-state index is 0.370. The van der Waals surface area contributed by atoms with Crippen LogP contribution >= 0.6 is 0 Å². The molecule has 1 aromatic carbocycles. The van der Waals surface area contributed by atoms with Crippen LogP contribution in [-0.4, -0.2) is 21.7 Å². The Labute approximate surface area is 158 Å². The Bertz CT molecular complexity index is 1000. The summed E-state index contributed by atoms with van der Waals surface area (Å²) in [7, 11) is 0. The van der Waals surface area contributed by atoms with Gasteiger partial charge in [-0.2, -0.15) is 0 Å². The molecule has 0 aliphatic heterocycles. The molecule has 1 amide bonds. The highest BCUT2D eigenvalue weighted by Gasteiger charge is 2.18. The number of halogens is 1. The number of rotatable bonds is 3. The van der Waals surface area contributed by atoms with Crippen LogP contribution in [0.15, 0.2) is 30.5 Å². The molecule has 0 bridgehead atoms. The van der Waals surface area contributed by atoms with Crippen LogP contribution in [0.4, 0.5) is 14.9 Å². The molecule has 0 radical (unpaired) electrons. The van der Waals surface area contributed by atoms with Gasteiger partial charge in [0, 0.05) is 29.4 Å². The van der Waals surface area contributed by atoms with Crippen molar-refractivity contribution in [3.63, 3.8) is 0 Å². The number of aromatic amines is 1. The average Bonchev–Trinajstić information content (AvgIpc) is 2.84. The Morgan fingerprint density at radius 3 is 2.70 bits per heavy atom. The lowest BCUT2D eigenvalue weighted by molar-refractivity contribution is 0.0635. The van der Waals surface area contributed by atoms with Gasteiger partial charge in [0.15, 0.2) is 0 Å². The zero-order valence-electron chi connectivity index (χ0n) is 16.2. The first-order chi connectivity index (χ1) is 12.6. The van der Waals surface area contributed by atoms with Crippen LogP contribution in [0.5, 0.6) is 0 Å². The van der Waals surface area contributed by atoms with Crippen molar-refractivity contribution in [3.8, 4) is 0 Å². The van der Waals surface area contributed by atoms with Gasteiger partial charge in [0.25, 0.3) is 0 Å². The lowest BCUT2D eigenvalue weighted by Gasteiger charge is -2.20. The molecule has 3 rings (SSSR count). The van der Waals surface area contributed by atoms with Gasteiger partial charge in [-0.3, -0.25) is 10.3 Å². The summed E-state index contributed by atoms with van der Waals surface area (Å²) in [5, 5.41) is 3.81. The van der Waals surface area contributed by atoms with E-state index in [4.69, 9.17) is 4.74 Å². The molecule has 6 heteroatoms. The number of pyridine rings is 1. The molecule has 0 atom stereocenters. The minimum Gasteiger partial charge on any atom is -0.444 e. The zero-order chi connectivity index (χ0) is 19.8. The van der Waals surface area contributed by atoms with Crippen molar-refractivity contribution in [3.05, 3.63) is 58.8 Å². The molecule has 0 aliphatic rings. The van der Waals surface area contributed by atoms with Gasteiger partial charge in [-0.15, -0.1) is 0 Å². The highest BCUT2D eigenvalue weighted by molar-refractivity contribution is 5.88. The SMILES string of the molecule is Cc1[nH]c2c(Cc3cc(F)ccc3NC(=O)OC(C)(C)C)nccc2c1C. The Morgan fingerprint density at radius 2 is 2.00 bits per heavy atom. The number of aromatic nitrogens is 2. The highest BCUT2D eigenvalue weighted by Crippen LogP contribution is 2.27. The van der Waals surface area contributed by atoms with Gasteiger partial charge in [0.05, 0.1) is 11.2 Å². The van der Waals surface area contributed by atoms with Crippen LogP contribution in [0.2, 0.25) is 0 Å². The molecule has 0 aliphatic carbocycles. The van der Waals surface area contributed by atoms with Crippen molar-refractivity contribution in [1.29, 1.82) is 0 Å². The van der Waals surface area contributed by atoms with E-state index in [1.165, 1.54) is 17.7 Å². The lowest BCUT2D eigenvalue weighted by atomic mass is 10.0. The van der Waals surface area contributed by atoms with E-state index in [-0.39, 0.29) is 5.82 Å². The van der Waals surface area contributed by atoms with E-state index < -0.39 is 11.7 Å². The van der Waals surface area contributed by atoms with Crippen LogP contribution in [0, 0.1) is 19.7 Å². The van der Waals surface area contributed by atoms with Crippen LogP contribution in [0.25, 0.3) is 10.9 Å². The van der Waals surface area contributed by atoms with Gasteiger partial charge >= 0.3 is 6.09 Å². The van der Waals surface area contributed by atoms with E-state index >= 15 is 0 Å². The number of nitrogens with one attached hydrogen (secondary N) is 2. The van der Waals surface area contributed by atoms with Gasteiger partial charge in [-0.25, -0.2) is 9.18 Å². The largest absolute Gasteiger partial charge is 0.444 e. The molecule has 5 nitrogen and oxygen atoms in total. The second kappa shape index (κ2) is 7.02. The standard InChI is InChI=1S/C21H24FN3O2/c1-12-13(2)24-19-16(12)8-9-23-18(19)11-14-10-15(22)6-7-17(14)25-20(26)27-21(3,4)5/h6-10,24H,11H2,1-5H3,(H,25,26). The van der Waals surface area contributed by atoms with Crippen molar-refractivity contribution in [1.82, 2.24) is 9.97 Å². The van der Waals surface area contributed by atoms with Gasteiger partial charge in [-0.1, -0.05) is 0 Å². The number of carbonyl (C=O) groups is 1. The summed E-state index contributed by atoms with van der Waals surface area (Å²) in [6, 6.07) is 6.23. The molecule has 0 saturated carbocycles. The molecule has 0 saturated heterocycles. The number of amides is 1. The molecule has 0 spiro atoms. The molecule has 0 unspecified atom stereocenters. The summed E-state index contributed by atoms with van der Waals surface area (Å²) in [5.41, 5.74) is 4.49. The summed E-state index contributed by atoms with van der Waals surface area (Å²) in [6.45, 7) is 9.43. The van der Waals surface area contributed by atoms with Crippen LogP contribution < -0.4 is 5.32 Å². The van der Waals surface area contributed by atoms with Crippen molar-refractivity contribution in [2.45, 2.75) is 46.6 Å². The maximum Gasteiger partial charge on any atom is 0.412 e. The second-order valence-electron chi connectivity index (χ2n) is 7.66. The third-order valence-electron chi connectivity index (χ3n) is 4.37. The fraction of sp³-hybridized carbons (Fsp3) is 0.333. The van der Waals surface area contributed by atoms with E-state index in [9.17, 15) is 9.18 Å². The number of ether oxygens (including phenoxy) is 1.